The Hall–Kier alpha value is -2.67. The fourth-order valence-electron chi connectivity index (χ4n) is 3.69. The van der Waals surface area contributed by atoms with Crippen LogP contribution >= 0.6 is 0 Å². The lowest BCUT2D eigenvalue weighted by atomic mass is 9.98. The highest BCUT2D eigenvalue weighted by Gasteiger charge is 2.63. The van der Waals surface area contributed by atoms with E-state index in [4.69, 9.17) is 0 Å². The van der Waals surface area contributed by atoms with Crippen LogP contribution in [0.15, 0.2) is 53.6 Å². The van der Waals surface area contributed by atoms with Gasteiger partial charge in [-0.3, -0.25) is 4.79 Å². The van der Waals surface area contributed by atoms with Crippen LogP contribution in [0.4, 0.5) is 13.2 Å². The lowest BCUT2D eigenvalue weighted by molar-refractivity contribution is -0.302. The Labute approximate surface area is 174 Å². The third-order valence-corrected chi connectivity index (χ3v) is 5.18. The molecule has 0 aromatic heterocycles. The molecule has 1 amide bonds. The van der Waals surface area contributed by atoms with Gasteiger partial charge in [0.15, 0.2) is 0 Å². The zero-order valence-corrected chi connectivity index (χ0v) is 17.0. The molecule has 0 spiro atoms. The number of aryl methyl sites for hydroxylation is 3. The largest absolute Gasteiger partial charge is 0.438 e. The molecule has 1 atom stereocenters. The van der Waals surface area contributed by atoms with E-state index < -0.39 is 24.2 Å². The number of carbonyl (C=O) groups is 1. The van der Waals surface area contributed by atoms with Crippen molar-refractivity contribution in [1.29, 1.82) is 0 Å². The summed E-state index contributed by atoms with van der Waals surface area (Å²) in [5, 5.41) is 14.6. The number of nitrogens with zero attached hydrogens (tertiary/aromatic N) is 2. The standard InChI is InChI=1S/C23H25F3N2O2/c1-16-12-17(2)14-19(13-16)20-15-22(30,23(24,25)26)28(27-20)21(29)11-7-6-10-18-8-4-3-5-9-18/h3-5,8-9,12-14,30H,6-7,10-11,15H2,1-2H3. The number of hydrogen-bond acceptors (Lipinski definition) is 3. The molecule has 1 aliphatic rings. The molecule has 4 nitrogen and oxygen atoms in total. The van der Waals surface area contributed by atoms with Crippen LogP contribution in [0.25, 0.3) is 0 Å². The molecule has 0 aliphatic carbocycles. The number of alkyl halides is 3. The molecule has 0 fully saturated rings. The molecule has 160 valence electrons. The lowest BCUT2D eigenvalue weighted by Crippen LogP contribution is -2.56. The summed E-state index contributed by atoms with van der Waals surface area (Å²) in [4.78, 5) is 12.6. The first-order valence-corrected chi connectivity index (χ1v) is 9.92. The van der Waals surface area contributed by atoms with Crippen LogP contribution in [-0.4, -0.2) is 33.6 Å². The van der Waals surface area contributed by atoms with Crippen LogP contribution in [0.2, 0.25) is 0 Å². The Bertz CT molecular complexity index is 921. The first-order chi connectivity index (χ1) is 14.1. The SMILES string of the molecule is Cc1cc(C)cc(C2=NN(C(=O)CCCCc3ccccc3)C(O)(C(F)(F)F)C2)c1. The predicted molar refractivity (Wildman–Crippen MR) is 109 cm³/mol. The van der Waals surface area contributed by atoms with Crippen molar-refractivity contribution in [3.8, 4) is 0 Å². The highest BCUT2D eigenvalue weighted by molar-refractivity contribution is 6.03. The van der Waals surface area contributed by atoms with E-state index in [1.54, 1.807) is 12.1 Å². The van der Waals surface area contributed by atoms with Crippen molar-refractivity contribution in [3.05, 3.63) is 70.8 Å². The lowest BCUT2D eigenvalue weighted by Gasteiger charge is -2.32. The molecule has 1 N–H and O–H groups in total. The summed E-state index contributed by atoms with van der Waals surface area (Å²) in [5.41, 5.74) is 0.0565. The van der Waals surface area contributed by atoms with Gasteiger partial charge in [0.05, 0.1) is 12.1 Å². The van der Waals surface area contributed by atoms with Crippen LogP contribution in [0.1, 0.15) is 47.9 Å². The van der Waals surface area contributed by atoms with Gasteiger partial charge in [0, 0.05) is 6.42 Å². The summed E-state index contributed by atoms with van der Waals surface area (Å²) < 4.78 is 41.1. The highest BCUT2D eigenvalue weighted by Crippen LogP contribution is 2.41. The summed E-state index contributed by atoms with van der Waals surface area (Å²) in [6.07, 6.45) is -4.12. The maximum absolute atomic E-state index is 13.7. The zero-order chi connectivity index (χ0) is 21.9. The van der Waals surface area contributed by atoms with Crippen molar-refractivity contribution < 1.29 is 23.1 Å². The average molecular weight is 418 g/mol. The average Bonchev–Trinajstić information content (AvgIpc) is 3.04. The molecule has 1 aliphatic heterocycles. The maximum atomic E-state index is 13.7. The summed E-state index contributed by atoms with van der Waals surface area (Å²) >= 11 is 0. The number of benzene rings is 2. The van der Waals surface area contributed by atoms with Crippen molar-refractivity contribution in [2.24, 2.45) is 5.10 Å². The summed E-state index contributed by atoms with van der Waals surface area (Å²) in [6, 6.07) is 15.0. The van der Waals surface area contributed by atoms with Crippen LogP contribution in [0.5, 0.6) is 0 Å². The molecule has 0 radical (unpaired) electrons. The number of hydrazone groups is 1. The molecular formula is C23H25F3N2O2. The molecule has 1 unspecified atom stereocenters. The maximum Gasteiger partial charge on any atom is 0.438 e. The van der Waals surface area contributed by atoms with E-state index >= 15 is 0 Å². The number of hydrogen-bond donors (Lipinski definition) is 1. The predicted octanol–water partition coefficient (Wildman–Crippen LogP) is 4.90. The molecule has 2 aromatic rings. The number of carbonyl (C=O) groups excluding carboxylic acids is 1. The van der Waals surface area contributed by atoms with E-state index in [2.05, 4.69) is 5.10 Å². The van der Waals surface area contributed by atoms with E-state index in [0.29, 0.717) is 18.4 Å². The fraction of sp³-hybridized carbons (Fsp3) is 0.391. The molecule has 0 saturated carbocycles. The molecule has 0 bridgehead atoms. The summed E-state index contributed by atoms with van der Waals surface area (Å²) in [5.74, 6) is -0.831. The number of amides is 1. The summed E-state index contributed by atoms with van der Waals surface area (Å²) in [7, 11) is 0. The van der Waals surface area contributed by atoms with Gasteiger partial charge >= 0.3 is 6.18 Å². The van der Waals surface area contributed by atoms with Crippen LogP contribution in [-0.2, 0) is 11.2 Å². The smallest absolute Gasteiger partial charge is 0.362 e. The summed E-state index contributed by atoms with van der Waals surface area (Å²) in [6.45, 7) is 3.66. The second kappa shape index (κ2) is 8.60. The van der Waals surface area contributed by atoms with Crippen LogP contribution in [0.3, 0.4) is 0 Å². The number of rotatable bonds is 6. The van der Waals surface area contributed by atoms with Crippen molar-refractivity contribution in [3.63, 3.8) is 0 Å². The number of unbranched alkanes of at least 4 members (excludes halogenated alkanes) is 1. The topological polar surface area (TPSA) is 52.9 Å². The van der Waals surface area contributed by atoms with Crippen LogP contribution in [0, 0.1) is 13.8 Å². The van der Waals surface area contributed by atoms with Gasteiger partial charge in [0.25, 0.3) is 5.72 Å². The second-order valence-electron chi connectivity index (χ2n) is 7.81. The molecule has 1 heterocycles. The van der Waals surface area contributed by atoms with Crippen LogP contribution < -0.4 is 0 Å². The Morgan fingerprint density at radius 1 is 1.10 bits per heavy atom. The molecule has 7 heteroatoms. The normalized spacial score (nSPS) is 19.1. The van der Waals surface area contributed by atoms with Gasteiger partial charge in [0.2, 0.25) is 5.91 Å². The molecule has 30 heavy (non-hydrogen) atoms. The Morgan fingerprint density at radius 3 is 2.33 bits per heavy atom. The first kappa shape index (κ1) is 22.0. The fourth-order valence-corrected chi connectivity index (χ4v) is 3.69. The molecule has 0 saturated heterocycles. The number of aliphatic hydroxyl groups is 1. The minimum atomic E-state index is -5.02. The van der Waals surface area contributed by atoms with Crippen molar-refractivity contribution in [2.75, 3.05) is 0 Å². The Morgan fingerprint density at radius 2 is 1.73 bits per heavy atom. The Balaban J connectivity index is 1.74. The van der Waals surface area contributed by atoms with Gasteiger partial charge in [-0.15, -0.1) is 0 Å². The van der Waals surface area contributed by atoms with Crippen molar-refractivity contribution in [2.45, 2.75) is 57.9 Å². The molecule has 3 rings (SSSR count). The van der Waals surface area contributed by atoms with E-state index in [9.17, 15) is 23.1 Å². The molecular weight excluding hydrogens is 393 g/mol. The third kappa shape index (κ3) is 4.73. The first-order valence-electron chi connectivity index (χ1n) is 9.92. The second-order valence-corrected chi connectivity index (χ2v) is 7.81. The van der Waals surface area contributed by atoms with Gasteiger partial charge in [-0.05, 0) is 44.2 Å². The Kier molecular flexibility index (Phi) is 6.31. The van der Waals surface area contributed by atoms with E-state index in [-0.39, 0.29) is 17.1 Å². The van der Waals surface area contributed by atoms with Gasteiger partial charge in [-0.25, -0.2) is 0 Å². The van der Waals surface area contributed by atoms with Gasteiger partial charge in [-0.2, -0.15) is 23.3 Å². The third-order valence-electron chi connectivity index (χ3n) is 5.18. The van der Waals surface area contributed by atoms with E-state index in [1.807, 2.05) is 50.2 Å². The quantitative estimate of drug-likeness (QED) is 0.678. The highest BCUT2D eigenvalue weighted by atomic mass is 19.4. The minimum absolute atomic E-state index is 0.0549. The van der Waals surface area contributed by atoms with E-state index in [1.165, 1.54) is 0 Å². The molecule has 2 aromatic carbocycles. The number of halogens is 3. The van der Waals surface area contributed by atoms with E-state index in [0.717, 1.165) is 23.1 Å². The minimum Gasteiger partial charge on any atom is -0.362 e. The van der Waals surface area contributed by atoms with Gasteiger partial charge in [0.1, 0.15) is 0 Å². The zero-order valence-electron chi connectivity index (χ0n) is 17.0. The van der Waals surface area contributed by atoms with Crippen molar-refractivity contribution in [1.82, 2.24) is 5.01 Å². The van der Waals surface area contributed by atoms with Crippen molar-refractivity contribution >= 4 is 11.6 Å². The monoisotopic (exact) mass is 418 g/mol. The van der Waals surface area contributed by atoms with Gasteiger partial charge < -0.3 is 5.11 Å². The van der Waals surface area contributed by atoms with Gasteiger partial charge in [-0.1, -0.05) is 59.7 Å².